The van der Waals surface area contributed by atoms with Gasteiger partial charge in [0.1, 0.15) is 16.4 Å². The van der Waals surface area contributed by atoms with Gasteiger partial charge in [0.25, 0.3) is 0 Å². The second-order valence-electron chi connectivity index (χ2n) is 7.26. The highest BCUT2D eigenvalue weighted by molar-refractivity contribution is 7.19. The zero-order chi connectivity index (χ0) is 17.4. The van der Waals surface area contributed by atoms with E-state index in [0.29, 0.717) is 0 Å². The van der Waals surface area contributed by atoms with Crippen LogP contribution in [0.2, 0.25) is 0 Å². The molecule has 0 aliphatic heterocycles. The van der Waals surface area contributed by atoms with Crippen LogP contribution in [0.3, 0.4) is 0 Å². The molecule has 3 heteroatoms. The first-order chi connectivity index (χ1) is 12.0. The lowest BCUT2D eigenvalue weighted by Crippen LogP contribution is -2.19. The number of hydrogen-bond acceptors (Lipinski definition) is 3. The molecule has 0 N–H and O–H groups in total. The maximum atomic E-state index is 6.21. The van der Waals surface area contributed by atoms with Gasteiger partial charge in [0, 0.05) is 12.0 Å². The molecule has 0 fully saturated rings. The second kappa shape index (κ2) is 6.16. The van der Waals surface area contributed by atoms with E-state index >= 15 is 0 Å². The highest BCUT2D eigenvalue weighted by Gasteiger charge is 2.22. The zero-order valence-electron chi connectivity index (χ0n) is 14.7. The molecule has 2 aliphatic rings. The number of rotatable bonds is 2. The quantitative estimate of drug-likeness (QED) is 0.645. The Morgan fingerprint density at radius 1 is 0.960 bits per heavy atom. The van der Waals surface area contributed by atoms with Crippen LogP contribution in [0, 0.1) is 0 Å². The van der Waals surface area contributed by atoms with Crippen molar-refractivity contribution in [1.29, 1.82) is 0 Å². The molecule has 2 nitrogen and oxygen atoms in total. The summed E-state index contributed by atoms with van der Waals surface area (Å²) in [7, 11) is 0. The number of ether oxygens (including phenoxy) is 1. The summed E-state index contributed by atoms with van der Waals surface area (Å²) in [5.41, 5.74) is 4.51. The molecule has 0 saturated carbocycles. The number of thiazole rings is 1. The Morgan fingerprint density at radius 3 is 2.48 bits per heavy atom. The maximum Gasteiger partial charge on any atom is 0.124 e. The summed E-state index contributed by atoms with van der Waals surface area (Å²) in [5, 5.41) is 1.07. The van der Waals surface area contributed by atoms with Crippen molar-refractivity contribution in [3.63, 3.8) is 0 Å². The molecule has 0 atom stereocenters. The fraction of sp³-hybridized carbons (Fsp3) is 0.227. The van der Waals surface area contributed by atoms with Crippen LogP contribution in [0.5, 0.6) is 0 Å². The molecule has 126 valence electrons. The summed E-state index contributed by atoms with van der Waals surface area (Å²) in [6.07, 6.45) is 13.6. The monoisotopic (exact) mass is 347 g/mol. The van der Waals surface area contributed by atoms with Crippen LogP contribution >= 0.6 is 11.3 Å². The minimum absolute atomic E-state index is 0.221. The topological polar surface area (TPSA) is 22.1 Å². The van der Waals surface area contributed by atoms with E-state index in [1.54, 1.807) is 11.3 Å². The van der Waals surface area contributed by atoms with Crippen LogP contribution in [0.4, 0.5) is 0 Å². The van der Waals surface area contributed by atoms with Gasteiger partial charge in [-0.15, -0.1) is 11.3 Å². The van der Waals surface area contributed by atoms with E-state index in [1.807, 2.05) is 6.07 Å². The maximum absolute atomic E-state index is 6.21. The summed E-state index contributed by atoms with van der Waals surface area (Å²) in [6, 6.07) is 8.31. The largest absolute Gasteiger partial charge is 0.488 e. The van der Waals surface area contributed by atoms with Gasteiger partial charge in [0.2, 0.25) is 0 Å². The lowest BCUT2D eigenvalue weighted by molar-refractivity contribution is 0.0570. The third-order valence-corrected chi connectivity index (χ3v) is 5.16. The molecular weight excluding hydrogens is 326 g/mol. The van der Waals surface area contributed by atoms with Crippen molar-refractivity contribution in [3.8, 4) is 0 Å². The third kappa shape index (κ3) is 3.38. The fourth-order valence-corrected chi connectivity index (χ4v) is 4.05. The molecule has 0 amide bonds. The van der Waals surface area contributed by atoms with E-state index in [2.05, 4.69) is 75.4 Å². The Bertz CT molecular complexity index is 944. The van der Waals surface area contributed by atoms with E-state index in [0.717, 1.165) is 22.7 Å². The van der Waals surface area contributed by atoms with Crippen LogP contribution < -0.4 is 0 Å². The van der Waals surface area contributed by atoms with Crippen LogP contribution in [-0.4, -0.2) is 10.6 Å². The Kier molecular flexibility index (Phi) is 3.97. The number of allylic oxidation sites excluding steroid dienone is 9. The van der Waals surface area contributed by atoms with E-state index < -0.39 is 0 Å². The summed E-state index contributed by atoms with van der Waals surface area (Å²) < 4.78 is 7.43. The molecule has 0 radical (unpaired) electrons. The van der Waals surface area contributed by atoms with Crippen molar-refractivity contribution in [1.82, 2.24) is 4.98 Å². The summed E-state index contributed by atoms with van der Waals surface area (Å²) in [5.74, 6) is 0.945. The van der Waals surface area contributed by atoms with Gasteiger partial charge in [-0.25, -0.2) is 4.98 Å². The van der Waals surface area contributed by atoms with Crippen molar-refractivity contribution in [2.75, 3.05) is 0 Å². The molecule has 25 heavy (non-hydrogen) atoms. The Labute approximate surface area is 152 Å². The van der Waals surface area contributed by atoms with Crippen molar-refractivity contribution < 1.29 is 4.74 Å². The Morgan fingerprint density at radius 2 is 1.72 bits per heavy atom. The first-order valence-corrected chi connectivity index (χ1v) is 9.35. The van der Waals surface area contributed by atoms with E-state index in [9.17, 15) is 0 Å². The lowest BCUT2D eigenvalue weighted by Gasteiger charge is -2.24. The van der Waals surface area contributed by atoms with Gasteiger partial charge in [0.05, 0.1) is 10.2 Å². The molecule has 1 aromatic heterocycles. The first-order valence-electron chi connectivity index (χ1n) is 8.54. The molecule has 1 heterocycles. The van der Waals surface area contributed by atoms with Gasteiger partial charge in [-0.1, -0.05) is 36.4 Å². The highest BCUT2D eigenvalue weighted by Crippen LogP contribution is 2.38. The van der Waals surface area contributed by atoms with Crippen molar-refractivity contribution >= 4 is 27.1 Å². The predicted octanol–water partition coefficient (Wildman–Crippen LogP) is 6.21. The number of para-hydroxylation sites is 1. The standard InChI is InChI=1S/C22H21NOS/c1-22(2,3)24-19-13-12-17(15-8-4-5-9-16(19)14-15)21-23-18-10-6-7-11-20(18)25-21/h4-13H,14H2,1-3H3. The Hall–Kier alpha value is -2.39. The minimum Gasteiger partial charge on any atom is -0.488 e. The van der Waals surface area contributed by atoms with Gasteiger partial charge in [-0.3, -0.25) is 0 Å². The van der Waals surface area contributed by atoms with Gasteiger partial charge in [-0.2, -0.15) is 0 Å². The van der Waals surface area contributed by atoms with Gasteiger partial charge in [0.15, 0.2) is 0 Å². The van der Waals surface area contributed by atoms with Crippen molar-refractivity contribution in [2.24, 2.45) is 0 Å². The zero-order valence-corrected chi connectivity index (χ0v) is 15.6. The minimum atomic E-state index is -0.221. The molecule has 0 unspecified atom stereocenters. The Balaban J connectivity index is 1.82. The average Bonchev–Trinajstić information content (AvgIpc) is 2.72. The normalized spacial score (nSPS) is 17.2. The molecule has 0 saturated heterocycles. The molecule has 2 bridgehead atoms. The van der Waals surface area contributed by atoms with Gasteiger partial charge < -0.3 is 4.74 Å². The summed E-state index contributed by atoms with van der Waals surface area (Å²) in [4.78, 5) is 4.85. The SMILES string of the molecule is CC(C)(C)OC1=CC=C(c2nc3ccccc3s2)C2=CC=CC=C1C2. The molecule has 1 aromatic carbocycles. The van der Waals surface area contributed by atoms with E-state index in [1.165, 1.54) is 21.4 Å². The van der Waals surface area contributed by atoms with Gasteiger partial charge >= 0.3 is 0 Å². The second-order valence-corrected chi connectivity index (χ2v) is 8.29. The summed E-state index contributed by atoms with van der Waals surface area (Å²) >= 11 is 1.74. The average molecular weight is 347 g/mol. The lowest BCUT2D eigenvalue weighted by atomic mass is 10.00. The molecule has 2 aromatic rings. The summed E-state index contributed by atoms with van der Waals surface area (Å²) in [6.45, 7) is 6.25. The predicted molar refractivity (Wildman–Crippen MR) is 106 cm³/mol. The highest BCUT2D eigenvalue weighted by atomic mass is 32.1. The van der Waals surface area contributed by atoms with Crippen LogP contribution in [0.25, 0.3) is 15.8 Å². The van der Waals surface area contributed by atoms with Crippen molar-refractivity contribution in [2.45, 2.75) is 32.8 Å². The van der Waals surface area contributed by atoms with Crippen LogP contribution in [-0.2, 0) is 4.74 Å². The van der Waals surface area contributed by atoms with Crippen LogP contribution in [0.15, 0.2) is 77.6 Å². The molecule has 2 aliphatic carbocycles. The molecule has 0 spiro atoms. The van der Waals surface area contributed by atoms with Gasteiger partial charge in [-0.05, 0) is 56.2 Å². The van der Waals surface area contributed by atoms with E-state index in [4.69, 9.17) is 9.72 Å². The fourth-order valence-electron chi connectivity index (χ4n) is 3.02. The molecule has 4 rings (SSSR count). The van der Waals surface area contributed by atoms with E-state index in [-0.39, 0.29) is 5.60 Å². The van der Waals surface area contributed by atoms with Crippen LogP contribution in [0.1, 0.15) is 32.2 Å². The third-order valence-electron chi connectivity index (χ3n) is 4.09. The number of hydrogen-bond donors (Lipinski definition) is 0. The first kappa shape index (κ1) is 16.1. The number of benzene rings is 1. The number of fused-ring (bicyclic) bond motifs is 3. The number of aromatic nitrogens is 1. The smallest absolute Gasteiger partial charge is 0.124 e. The number of nitrogens with zero attached hydrogens (tertiary/aromatic N) is 1. The van der Waals surface area contributed by atoms with Crippen molar-refractivity contribution in [3.05, 3.63) is 82.6 Å². The molecular formula is C22H21NOS.